The Morgan fingerprint density at radius 1 is 1.19 bits per heavy atom. The lowest BCUT2D eigenvalue weighted by Crippen LogP contribution is -2.17. The minimum atomic E-state index is -0.654. The molecule has 0 unspecified atom stereocenters. The van der Waals surface area contributed by atoms with E-state index in [2.05, 4.69) is 5.32 Å². The second-order valence-corrected chi connectivity index (χ2v) is 3.36. The van der Waals surface area contributed by atoms with Crippen LogP contribution in [0.1, 0.15) is 34.6 Å². The summed E-state index contributed by atoms with van der Waals surface area (Å²) in [7, 11) is 0. The maximum Gasteiger partial charge on any atom is 0.250 e. The summed E-state index contributed by atoms with van der Waals surface area (Å²) < 4.78 is 0. The normalized spacial score (nSPS) is 9.62. The molecule has 84 valence electrons. The van der Waals surface area contributed by atoms with Crippen molar-refractivity contribution in [1.29, 1.82) is 0 Å². The third-order valence-corrected chi connectivity index (χ3v) is 2.00. The van der Waals surface area contributed by atoms with E-state index < -0.39 is 5.91 Å². The molecule has 2 amide bonds. The summed E-state index contributed by atoms with van der Waals surface area (Å²) in [4.78, 5) is 33.1. The molecule has 0 aliphatic heterocycles. The Balaban J connectivity index is 3.26. The summed E-state index contributed by atoms with van der Waals surface area (Å²) in [6, 6.07) is 4.35. The van der Waals surface area contributed by atoms with Crippen molar-refractivity contribution in [3.05, 3.63) is 29.3 Å². The van der Waals surface area contributed by atoms with Gasteiger partial charge in [0.2, 0.25) is 5.91 Å². The molecule has 1 aromatic rings. The van der Waals surface area contributed by atoms with E-state index in [0.717, 1.165) is 0 Å². The minimum absolute atomic E-state index is 0.150. The number of amides is 2. The van der Waals surface area contributed by atoms with Crippen molar-refractivity contribution in [3.63, 3.8) is 0 Å². The lowest BCUT2D eigenvalue weighted by Gasteiger charge is -2.08. The van der Waals surface area contributed by atoms with Gasteiger partial charge in [0.05, 0.1) is 11.3 Å². The highest BCUT2D eigenvalue weighted by molar-refractivity contribution is 6.05. The quantitative estimate of drug-likeness (QED) is 0.743. The Morgan fingerprint density at radius 2 is 1.81 bits per heavy atom. The van der Waals surface area contributed by atoms with Crippen LogP contribution < -0.4 is 11.1 Å². The van der Waals surface area contributed by atoms with Gasteiger partial charge in [-0.1, -0.05) is 6.07 Å². The topological polar surface area (TPSA) is 89.3 Å². The zero-order valence-corrected chi connectivity index (χ0v) is 9.03. The molecule has 0 radical (unpaired) electrons. The Kier molecular flexibility index (Phi) is 3.40. The van der Waals surface area contributed by atoms with Crippen molar-refractivity contribution in [2.45, 2.75) is 13.8 Å². The zero-order valence-electron chi connectivity index (χ0n) is 9.03. The Labute approximate surface area is 92.6 Å². The van der Waals surface area contributed by atoms with Crippen molar-refractivity contribution in [1.82, 2.24) is 0 Å². The van der Waals surface area contributed by atoms with Crippen LogP contribution in [-0.4, -0.2) is 17.6 Å². The van der Waals surface area contributed by atoms with Gasteiger partial charge in [0.25, 0.3) is 5.91 Å². The molecule has 0 spiro atoms. The van der Waals surface area contributed by atoms with E-state index in [-0.39, 0.29) is 22.9 Å². The maximum absolute atomic E-state index is 11.1. The number of primary amides is 1. The minimum Gasteiger partial charge on any atom is -0.366 e. The van der Waals surface area contributed by atoms with Crippen molar-refractivity contribution >= 4 is 23.3 Å². The third kappa shape index (κ3) is 2.66. The molecule has 0 aliphatic rings. The zero-order chi connectivity index (χ0) is 12.3. The number of ketones is 1. The molecule has 1 aromatic carbocycles. The van der Waals surface area contributed by atoms with Gasteiger partial charge in [0.15, 0.2) is 5.78 Å². The van der Waals surface area contributed by atoms with Crippen LogP contribution in [0.15, 0.2) is 18.2 Å². The first-order valence-corrected chi connectivity index (χ1v) is 4.64. The average Bonchev–Trinajstić information content (AvgIpc) is 2.15. The van der Waals surface area contributed by atoms with Crippen molar-refractivity contribution in [2.24, 2.45) is 5.73 Å². The molecule has 0 atom stereocenters. The Hall–Kier alpha value is -2.17. The van der Waals surface area contributed by atoms with Crippen molar-refractivity contribution in [3.8, 4) is 0 Å². The summed E-state index contributed by atoms with van der Waals surface area (Å²) in [6.45, 7) is 2.71. The number of carbonyl (C=O) groups excluding carboxylic acids is 3. The van der Waals surface area contributed by atoms with E-state index in [1.807, 2.05) is 0 Å². The van der Waals surface area contributed by atoms with Gasteiger partial charge in [-0.25, -0.2) is 0 Å². The number of rotatable bonds is 3. The van der Waals surface area contributed by atoms with E-state index in [9.17, 15) is 14.4 Å². The molecular formula is C11H12N2O3. The molecule has 0 fully saturated rings. The van der Waals surface area contributed by atoms with Gasteiger partial charge in [-0.05, 0) is 19.1 Å². The molecule has 5 heteroatoms. The van der Waals surface area contributed by atoms with Crippen LogP contribution in [-0.2, 0) is 4.79 Å². The number of nitrogens with two attached hydrogens (primary N) is 1. The number of benzene rings is 1. The van der Waals surface area contributed by atoms with Gasteiger partial charge in [-0.2, -0.15) is 0 Å². The number of anilines is 1. The van der Waals surface area contributed by atoms with Gasteiger partial charge in [-0.15, -0.1) is 0 Å². The lowest BCUT2D eigenvalue weighted by atomic mass is 10.1. The highest BCUT2D eigenvalue weighted by Crippen LogP contribution is 2.17. The fourth-order valence-electron chi connectivity index (χ4n) is 1.27. The van der Waals surface area contributed by atoms with Gasteiger partial charge >= 0.3 is 0 Å². The summed E-state index contributed by atoms with van der Waals surface area (Å²) in [5.74, 6) is -1.13. The molecule has 5 nitrogen and oxygen atoms in total. The Bertz CT molecular complexity index is 466. The van der Waals surface area contributed by atoms with E-state index in [1.165, 1.54) is 32.0 Å². The second-order valence-electron chi connectivity index (χ2n) is 3.36. The van der Waals surface area contributed by atoms with E-state index >= 15 is 0 Å². The summed E-state index contributed by atoms with van der Waals surface area (Å²) in [5.41, 5.74) is 5.99. The number of hydrogen-bond donors (Lipinski definition) is 2. The number of nitrogens with one attached hydrogen (secondary N) is 1. The van der Waals surface area contributed by atoms with Crippen LogP contribution in [0.2, 0.25) is 0 Å². The standard InChI is InChI=1S/C11H12N2O3/c1-6(14)8-3-4-9(11(12)16)10(5-8)13-7(2)15/h3-5H,1-2H3,(H2,12,16)(H,13,15). The monoisotopic (exact) mass is 220 g/mol. The Morgan fingerprint density at radius 3 is 2.25 bits per heavy atom. The molecule has 0 saturated heterocycles. The smallest absolute Gasteiger partial charge is 0.250 e. The van der Waals surface area contributed by atoms with Crippen LogP contribution in [0, 0.1) is 0 Å². The summed E-state index contributed by atoms with van der Waals surface area (Å²) >= 11 is 0. The van der Waals surface area contributed by atoms with Crippen LogP contribution in [0.25, 0.3) is 0 Å². The largest absolute Gasteiger partial charge is 0.366 e. The first-order chi connectivity index (χ1) is 7.41. The SMILES string of the molecule is CC(=O)Nc1cc(C(C)=O)ccc1C(N)=O. The van der Waals surface area contributed by atoms with Gasteiger partial charge in [0, 0.05) is 12.5 Å². The number of hydrogen-bond acceptors (Lipinski definition) is 3. The first-order valence-electron chi connectivity index (χ1n) is 4.64. The lowest BCUT2D eigenvalue weighted by molar-refractivity contribution is -0.114. The van der Waals surface area contributed by atoms with E-state index in [1.54, 1.807) is 0 Å². The molecular weight excluding hydrogens is 208 g/mol. The average molecular weight is 220 g/mol. The molecule has 16 heavy (non-hydrogen) atoms. The summed E-state index contributed by atoms with van der Waals surface area (Å²) in [6.07, 6.45) is 0. The first kappa shape index (κ1) is 11.9. The van der Waals surface area contributed by atoms with E-state index in [0.29, 0.717) is 5.56 Å². The molecule has 0 saturated carbocycles. The molecule has 1 rings (SSSR count). The van der Waals surface area contributed by atoms with Crippen LogP contribution >= 0.6 is 0 Å². The molecule has 3 N–H and O–H groups in total. The van der Waals surface area contributed by atoms with Gasteiger partial charge < -0.3 is 11.1 Å². The van der Waals surface area contributed by atoms with Crippen LogP contribution in [0.3, 0.4) is 0 Å². The molecule has 0 aliphatic carbocycles. The maximum atomic E-state index is 11.1. The fourth-order valence-corrected chi connectivity index (χ4v) is 1.27. The fraction of sp³-hybridized carbons (Fsp3) is 0.182. The number of carbonyl (C=O) groups is 3. The molecule has 0 aromatic heterocycles. The van der Waals surface area contributed by atoms with Crippen LogP contribution in [0.5, 0.6) is 0 Å². The second kappa shape index (κ2) is 4.57. The van der Waals surface area contributed by atoms with Crippen molar-refractivity contribution < 1.29 is 14.4 Å². The predicted molar refractivity (Wildman–Crippen MR) is 59.3 cm³/mol. The van der Waals surface area contributed by atoms with Crippen molar-refractivity contribution in [2.75, 3.05) is 5.32 Å². The third-order valence-electron chi connectivity index (χ3n) is 2.00. The highest BCUT2D eigenvalue weighted by Gasteiger charge is 2.11. The highest BCUT2D eigenvalue weighted by atomic mass is 16.2. The molecule has 0 heterocycles. The number of Topliss-reactive ketones (excluding diaryl/α,β-unsaturated/α-hetero) is 1. The van der Waals surface area contributed by atoms with Crippen LogP contribution in [0.4, 0.5) is 5.69 Å². The van der Waals surface area contributed by atoms with Gasteiger partial charge in [0.1, 0.15) is 0 Å². The molecule has 0 bridgehead atoms. The van der Waals surface area contributed by atoms with Gasteiger partial charge in [-0.3, -0.25) is 14.4 Å². The predicted octanol–water partition coefficient (Wildman–Crippen LogP) is 0.946. The summed E-state index contributed by atoms with van der Waals surface area (Å²) in [5, 5.41) is 2.46. The van der Waals surface area contributed by atoms with E-state index in [4.69, 9.17) is 5.73 Å².